The maximum atomic E-state index is 11.0. The molecule has 4 heteroatoms. The molecule has 0 saturated heterocycles. The highest BCUT2D eigenvalue weighted by Crippen LogP contribution is 2.30. The number of ether oxygens (including phenoxy) is 1. The van der Waals surface area contributed by atoms with Gasteiger partial charge >= 0.3 is 5.97 Å². The van der Waals surface area contributed by atoms with E-state index in [1.165, 1.54) is 22.6 Å². The number of carbonyl (C=O) groups excluding carboxylic acids is 1. The van der Waals surface area contributed by atoms with Gasteiger partial charge in [-0.25, -0.2) is 0 Å². The highest BCUT2D eigenvalue weighted by atomic mass is 32.1. The maximum absolute atomic E-state index is 11.0. The van der Waals surface area contributed by atoms with E-state index in [-0.39, 0.29) is 5.97 Å². The summed E-state index contributed by atoms with van der Waals surface area (Å²) in [7, 11) is 4.14. The molecule has 18 heavy (non-hydrogen) atoms. The van der Waals surface area contributed by atoms with E-state index in [2.05, 4.69) is 24.4 Å². The molecule has 2 rings (SSSR count). The second-order valence-electron chi connectivity index (χ2n) is 4.57. The predicted molar refractivity (Wildman–Crippen MR) is 75.4 cm³/mol. The van der Waals surface area contributed by atoms with Gasteiger partial charge in [-0.15, -0.1) is 11.3 Å². The molecule has 1 aromatic carbocycles. The molecule has 3 nitrogen and oxygen atoms in total. The Morgan fingerprint density at radius 2 is 2.17 bits per heavy atom. The van der Waals surface area contributed by atoms with Crippen LogP contribution in [-0.4, -0.2) is 31.5 Å². The average molecular weight is 263 g/mol. The molecule has 0 bridgehead atoms. The second kappa shape index (κ2) is 5.50. The SMILES string of the molecule is CC(=O)Oc1ccc2scc(CCN(C)C)c2c1. The van der Waals surface area contributed by atoms with Crippen LogP contribution < -0.4 is 4.74 Å². The van der Waals surface area contributed by atoms with Crippen molar-refractivity contribution >= 4 is 27.4 Å². The van der Waals surface area contributed by atoms with E-state index >= 15 is 0 Å². The number of nitrogens with zero attached hydrogens (tertiary/aromatic N) is 1. The van der Waals surface area contributed by atoms with E-state index in [0.717, 1.165) is 13.0 Å². The molecule has 0 spiro atoms. The van der Waals surface area contributed by atoms with Gasteiger partial charge in [0.15, 0.2) is 0 Å². The van der Waals surface area contributed by atoms with Crippen LogP contribution in [0.25, 0.3) is 10.1 Å². The molecule has 0 radical (unpaired) electrons. The molecule has 0 saturated carbocycles. The summed E-state index contributed by atoms with van der Waals surface area (Å²) in [6.45, 7) is 2.44. The van der Waals surface area contributed by atoms with Gasteiger partial charge in [0.2, 0.25) is 0 Å². The van der Waals surface area contributed by atoms with Crippen molar-refractivity contribution in [2.75, 3.05) is 20.6 Å². The minimum atomic E-state index is -0.278. The first kappa shape index (κ1) is 13.1. The fourth-order valence-electron chi connectivity index (χ4n) is 1.83. The molecule has 0 N–H and O–H groups in total. The van der Waals surface area contributed by atoms with Gasteiger partial charge in [0.25, 0.3) is 0 Å². The van der Waals surface area contributed by atoms with Crippen molar-refractivity contribution in [1.82, 2.24) is 4.90 Å². The van der Waals surface area contributed by atoms with E-state index in [4.69, 9.17) is 4.74 Å². The number of likely N-dealkylation sites (N-methyl/N-ethyl adjacent to an activating group) is 1. The highest BCUT2D eigenvalue weighted by Gasteiger charge is 2.07. The zero-order valence-electron chi connectivity index (χ0n) is 10.9. The van der Waals surface area contributed by atoms with Gasteiger partial charge < -0.3 is 9.64 Å². The van der Waals surface area contributed by atoms with Crippen LogP contribution in [0.15, 0.2) is 23.6 Å². The van der Waals surface area contributed by atoms with E-state index in [0.29, 0.717) is 5.75 Å². The van der Waals surface area contributed by atoms with E-state index in [1.807, 2.05) is 18.2 Å². The van der Waals surface area contributed by atoms with Gasteiger partial charge in [0.1, 0.15) is 5.75 Å². The van der Waals surface area contributed by atoms with E-state index in [9.17, 15) is 4.79 Å². The molecule has 0 atom stereocenters. The summed E-state index contributed by atoms with van der Waals surface area (Å²) in [5, 5.41) is 3.38. The lowest BCUT2D eigenvalue weighted by molar-refractivity contribution is -0.131. The number of hydrogen-bond donors (Lipinski definition) is 0. The summed E-state index contributed by atoms with van der Waals surface area (Å²) >= 11 is 1.73. The van der Waals surface area contributed by atoms with Gasteiger partial charge in [-0.1, -0.05) is 0 Å². The third kappa shape index (κ3) is 3.09. The number of esters is 1. The van der Waals surface area contributed by atoms with Crippen LogP contribution in [0, 0.1) is 0 Å². The van der Waals surface area contributed by atoms with Crippen molar-refractivity contribution in [3.05, 3.63) is 29.1 Å². The largest absolute Gasteiger partial charge is 0.427 e. The van der Waals surface area contributed by atoms with Crippen molar-refractivity contribution in [2.45, 2.75) is 13.3 Å². The number of hydrogen-bond acceptors (Lipinski definition) is 4. The third-order valence-corrected chi connectivity index (χ3v) is 3.73. The fraction of sp³-hybridized carbons (Fsp3) is 0.357. The lowest BCUT2D eigenvalue weighted by Gasteiger charge is -2.08. The first-order valence-corrected chi connectivity index (χ1v) is 6.77. The maximum Gasteiger partial charge on any atom is 0.308 e. The Labute approximate surface area is 111 Å². The zero-order valence-corrected chi connectivity index (χ0v) is 11.7. The predicted octanol–water partition coefficient (Wildman–Crippen LogP) is 2.93. The Kier molecular flexibility index (Phi) is 3.99. The minimum Gasteiger partial charge on any atom is -0.427 e. The Bertz CT molecular complexity index is 560. The Balaban J connectivity index is 2.28. The molecule has 0 fully saturated rings. The summed E-state index contributed by atoms with van der Waals surface area (Å²) in [5.74, 6) is 0.346. The van der Waals surface area contributed by atoms with Crippen LogP contribution in [0.3, 0.4) is 0 Å². The smallest absolute Gasteiger partial charge is 0.308 e. The fourth-order valence-corrected chi connectivity index (χ4v) is 2.81. The topological polar surface area (TPSA) is 29.5 Å². The Morgan fingerprint density at radius 3 is 2.83 bits per heavy atom. The molecule has 0 amide bonds. The normalized spacial score (nSPS) is 11.1. The summed E-state index contributed by atoms with van der Waals surface area (Å²) < 4.78 is 6.36. The number of rotatable bonds is 4. The van der Waals surface area contributed by atoms with Crippen molar-refractivity contribution in [1.29, 1.82) is 0 Å². The van der Waals surface area contributed by atoms with Crippen molar-refractivity contribution in [2.24, 2.45) is 0 Å². The van der Waals surface area contributed by atoms with E-state index in [1.54, 1.807) is 11.3 Å². The molecular weight excluding hydrogens is 246 g/mol. The third-order valence-electron chi connectivity index (χ3n) is 2.72. The average Bonchev–Trinajstić information content (AvgIpc) is 2.68. The number of thiophene rings is 1. The van der Waals surface area contributed by atoms with Gasteiger partial charge in [-0.3, -0.25) is 4.79 Å². The number of fused-ring (bicyclic) bond motifs is 1. The monoisotopic (exact) mass is 263 g/mol. The molecule has 0 aliphatic rings. The molecule has 96 valence electrons. The van der Waals surface area contributed by atoms with Gasteiger partial charge in [0, 0.05) is 18.2 Å². The lowest BCUT2D eigenvalue weighted by atomic mass is 10.1. The molecule has 0 unspecified atom stereocenters. The molecular formula is C14H17NO2S. The minimum absolute atomic E-state index is 0.278. The van der Waals surface area contributed by atoms with Crippen molar-refractivity contribution in [3.8, 4) is 5.75 Å². The van der Waals surface area contributed by atoms with Crippen LogP contribution in [-0.2, 0) is 11.2 Å². The van der Waals surface area contributed by atoms with E-state index < -0.39 is 0 Å². The summed E-state index contributed by atoms with van der Waals surface area (Å²) in [4.78, 5) is 13.1. The summed E-state index contributed by atoms with van der Waals surface area (Å²) in [6, 6.07) is 5.81. The lowest BCUT2D eigenvalue weighted by Crippen LogP contribution is -2.14. The standard InChI is InChI=1S/C14H17NO2S/c1-10(16)17-12-4-5-14-13(8-12)11(9-18-14)6-7-15(2)3/h4-5,8-9H,6-7H2,1-3H3. The van der Waals surface area contributed by atoms with Crippen molar-refractivity contribution < 1.29 is 9.53 Å². The Hall–Kier alpha value is -1.39. The van der Waals surface area contributed by atoms with Crippen LogP contribution in [0.5, 0.6) is 5.75 Å². The first-order chi connectivity index (χ1) is 8.56. The van der Waals surface area contributed by atoms with Gasteiger partial charge in [-0.05, 0) is 55.0 Å². The quantitative estimate of drug-likeness (QED) is 0.627. The number of carbonyl (C=O) groups is 1. The first-order valence-electron chi connectivity index (χ1n) is 5.89. The molecule has 2 aromatic rings. The van der Waals surface area contributed by atoms with Gasteiger partial charge in [0.05, 0.1) is 0 Å². The summed E-state index contributed by atoms with van der Waals surface area (Å²) in [6.07, 6.45) is 1.01. The van der Waals surface area contributed by atoms with Crippen LogP contribution in [0.2, 0.25) is 0 Å². The highest BCUT2D eigenvalue weighted by molar-refractivity contribution is 7.17. The van der Waals surface area contributed by atoms with Crippen LogP contribution in [0.4, 0.5) is 0 Å². The summed E-state index contributed by atoms with van der Waals surface area (Å²) in [5.41, 5.74) is 1.32. The molecule has 0 aliphatic heterocycles. The zero-order chi connectivity index (χ0) is 13.1. The number of benzene rings is 1. The van der Waals surface area contributed by atoms with Crippen LogP contribution >= 0.6 is 11.3 Å². The Morgan fingerprint density at radius 1 is 1.39 bits per heavy atom. The molecule has 1 aromatic heterocycles. The molecule has 0 aliphatic carbocycles. The molecule has 1 heterocycles. The van der Waals surface area contributed by atoms with Crippen LogP contribution in [0.1, 0.15) is 12.5 Å². The second-order valence-corrected chi connectivity index (χ2v) is 5.48. The van der Waals surface area contributed by atoms with Gasteiger partial charge in [-0.2, -0.15) is 0 Å². The van der Waals surface area contributed by atoms with Crippen molar-refractivity contribution in [3.63, 3.8) is 0 Å².